The highest BCUT2D eigenvalue weighted by Crippen LogP contribution is 2.26. The lowest BCUT2D eigenvalue weighted by Gasteiger charge is -2.28. The Balaban J connectivity index is 2.61. The predicted octanol–water partition coefficient (Wildman–Crippen LogP) is -0.428. The van der Waals surface area contributed by atoms with Crippen LogP contribution in [0.1, 0.15) is 58.8 Å². The zero-order valence-electron chi connectivity index (χ0n) is 15.9. The molecule has 1 saturated carbocycles. The number of rotatable bonds is 10. The predicted molar refractivity (Wildman–Crippen MR) is 99.1 cm³/mol. The molecule has 0 heterocycles. The molecule has 0 aromatic rings. The molecule has 0 aromatic carbocycles. The zero-order valence-corrected chi connectivity index (χ0v) is 15.9. The molecular formula is C18H34N4O4. The molecule has 4 atom stereocenters. The van der Waals surface area contributed by atoms with E-state index >= 15 is 0 Å². The van der Waals surface area contributed by atoms with Gasteiger partial charge in [-0.2, -0.15) is 0 Å². The molecule has 8 nitrogen and oxygen atoms in total. The van der Waals surface area contributed by atoms with E-state index in [4.69, 9.17) is 11.5 Å². The van der Waals surface area contributed by atoms with Gasteiger partial charge in [-0.1, -0.05) is 26.2 Å². The molecule has 8 heteroatoms. The van der Waals surface area contributed by atoms with Gasteiger partial charge in [-0.15, -0.1) is 0 Å². The summed E-state index contributed by atoms with van der Waals surface area (Å²) in [6, 6.07) is -2.23. The standard InChI is InChI=1S/C18H34N4O4/c1-3-15(24)14(10-19)21-18(26)17(11(2)23)22-16(25)9-13(20)12-7-5-4-6-8-12/h11-14,17,23H,3-10,19-20H2,1-2H3,(H,21,26)(H,22,25)/t11?,13?,14-,17-/m0/s1. The Morgan fingerprint density at radius 2 is 1.77 bits per heavy atom. The summed E-state index contributed by atoms with van der Waals surface area (Å²) in [5.41, 5.74) is 11.7. The summed E-state index contributed by atoms with van der Waals surface area (Å²) in [7, 11) is 0. The van der Waals surface area contributed by atoms with Crippen LogP contribution >= 0.6 is 0 Å². The molecule has 1 fully saturated rings. The van der Waals surface area contributed by atoms with Crippen LogP contribution in [0.4, 0.5) is 0 Å². The van der Waals surface area contributed by atoms with Crippen molar-refractivity contribution in [1.29, 1.82) is 0 Å². The first-order valence-corrected chi connectivity index (χ1v) is 9.56. The quantitative estimate of drug-likeness (QED) is 0.352. The third kappa shape index (κ3) is 7.01. The van der Waals surface area contributed by atoms with Crippen LogP contribution in [0, 0.1) is 5.92 Å². The summed E-state index contributed by atoms with van der Waals surface area (Å²) in [6.07, 6.45) is 4.74. The third-order valence-corrected chi connectivity index (χ3v) is 5.05. The van der Waals surface area contributed by atoms with E-state index in [-0.39, 0.29) is 37.1 Å². The molecule has 150 valence electrons. The average Bonchev–Trinajstić information content (AvgIpc) is 2.63. The molecule has 26 heavy (non-hydrogen) atoms. The van der Waals surface area contributed by atoms with Gasteiger partial charge in [0.05, 0.1) is 12.1 Å². The first-order chi connectivity index (χ1) is 12.3. The van der Waals surface area contributed by atoms with Crippen molar-refractivity contribution in [2.45, 2.75) is 83.0 Å². The normalized spacial score (nSPS) is 19.9. The number of Topliss-reactive ketones (excluding diaryl/α,β-unsaturated/α-hetero) is 1. The zero-order chi connectivity index (χ0) is 19.7. The summed E-state index contributed by atoms with van der Waals surface area (Å²) in [6.45, 7) is 3.05. The summed E-state index contributed by atoms with van der Waals surface area (Å²) >= 11 is 0. The fourth-order valence-electron chi connectivity index (χ4n) is 3.36. The van der Waals surface area contributed by atoms with E-state index in [0.717, 1.165) is 25.7 Å². The van der Waals surface area contributed by atoms with E-state index in [1.165, 1.54) is 13.3 Å². The molecule has 0 bridgehead atoms. The Labute approximate surface area is 155 Å². The van der Waals surface area contributed by atoms with Crippen molar-refractivity contribution in [3.63, 3.8) is 0 Å². The molecule has 0 saturated heterocycles. The van der Waals surface area contributed by atoms with Gasteiger partial charge in [0, 0.05) is 25.4 Å². The Bertz CT molecular complexity index is 478. The fraction of sp³-hybridized carbons (Fsp3) is 0.833. The van der Waals surface area contributed by atoms with Crippen LogP contribution in [0.3, 0.4) is 0 Å². The van der Waals surface area contributed by atoms with E-state index < -0.39 is 24.1 Å². The van der Waals surface area contributed by atoms with Crippen molar-refractivity contribution in [3.05, 3.63) is 0 Å². The molecule has 0 radical (unpaired) electrons. The van der Waals surface area contributed by atoms with Gasteiger partial charge in [0.2, 0.25) is 11.8 Å². The van der Waals surface area contributed by atoms with Gasteiger partial charge in [0.15, 0.2) is 5.78 Å². The van der Waals surface area contributed by atoms with Gasteiger partial charge in [0.1, 0.15) is 6.04 Å². The maximum absolute atomic E-state index is 12.4. The topological polar surface area (TPSA) is 148 Å². The molecule has 2 unspecified atom stereocenters. The number of hydrogen-bond donors (Lipinski definition) is 5. The number of amides is 2. The Morgan fingerprint density at radius 1 is 1.15 bits per heavy atom. The van der Waals surface area contributed by atoms with Crippen molar-refractivity contribution in [1.82, 2.24) is 10.6 Å². The van der Waals surface area contributed by atoms with Crippen LogP contribution in [0.5, 0.6) is 0 Å². The van der Waals surface area contributed by atoms with Gasteiger partial charge in [0.25, 0.3) is 0 Å². The Hall–Kier alpha value is -1.51. The highest BCUT2D eigenvalue weighted by atomic mass is 16.3. The second-order valence-corrected chi connectivity index (χ2v) is 7.17. The van der Waals surface area contributed by atoms with Crippen molar-refractivity contribution in [2.75, 3.05) is 6.54 Å². The van der Waals surface area contributed by atoms with E-state index in [2.05, 4.69) is 10.6 Å². The number of hydrogen-bond acceptors (Lipinski definition) is 6. The smallest absolute Gasteiger partial charge is 0.245 e. The minimum atomic E-state index is -1.15. The van der Waals surface area contributed by atoms with Crippen molar-refractivity contribution in [3.8, 4) is 0 Å². The monoisotopic (exact) mass is 370 g/mol. The second-order valence-electron chi connectivity index (χ2n) is 7.17. The molecule has 0 aromatic heterocycles. The second kappa shape index (κ2) is 11.3. The third-order valence-electron chi connectivity index (χ3n) is 5.05. The molecule has 7 N–H and O–H groups in total. The van der Waals surface area contributed by atoms with Gasteiger partial charge in [-0.05, 0) is 25.7 Å². The average molecular weight is 370 g/mol. The van der Waals surface area contributed by atoms with Crippen LogP contribution in [-0.4, -0.2) is 53.5 Å². The molecular weight excluding hydrogens is 336 g/mol. The maximum Gasteiger partial charge on any atom is 0.245 e. The summed E-state index contributed by atoms with van der Waals surface area (Å²) < 4.78 is 0. The molecule has 0 aliphatic heterocycles. The van der Waals surface area contributed by atoms with Crippen LogP contribution in [-0.2, 0) is 14.4 Å². The summed E-state index contributed by atoms with van der Waals surface area (Å²) in [4.78, 5) is 36.4. The summed E-state index contributed by atoms with van der Waals surface area (Å²) in [5, 5.41) is 14.9. The number of carbonyl (C=O) groups excluding carboxylic acids is 3. The lowest BCUT2D eigenvalue weighted by molar-refractivity contribution is -0.133. The van der Waals surface area contributed by atoms with Crippen LogP contribution in [0.25, 0.3) is 0 Å². The number of aliphatic hydroxyl groups excluding tert-OH is 1. The minimum Gasteiger partial charge on any atom is -0.391 e. The highest BCUT2D eigenvalue weighted by molar-refractivity contribution is 5.93. The fourth-order valence-corrected chi connectivity index (χ4v) is 3.36. The SMILES string of the molecule is CCC(=O)[C@H](CN)NC(=O)[C@@H](NC(=O)CC(N)C1CCCCC1)C(C)O. The van der Waals surface area contributed by atoms with Crippen molar-refractivity contribution >= 4 is 17.6 Å². The van der Waals surface area contributed by atoms with Gasteiger partial charge < -0.3 is 27.2 Å². The Kier molecular flexibility index (Phi) is 9.75. The number of carbonyl (C=O) groups is 3. The molecule has 1 aliphatic rings. The molecule has 2 amide bonds. The van der Waals surface area contributed by atoms with Crippen LogP contribution in [0.2, 0.25) is 0 Å². The number of nitrogens with two attached hydrogens (primary N) is 2. The van der Waals surface area contributed by atoms with Crippen molar-refractivity contribution < 1.29 is 19.5 Å². The Morgan fingerprint density at radius 3 is 2.27 bits per heavy atom. The number of ketones is 1. The minimum absolute atomic E-state index is 0.0363. The number of aliphatic hydroxyl groups is 1. The van der Waals surface area contributed by atoms with Gasteiger partial charge in [-0.3, -0.25) is 14.4 Å². The van der Waals surface area contributed by atoms with Gasteiger partial charge in [-0.25, -0.2) is 0 Å². The van der Waals surface area contributed by atoms with E-state index in [0.29, 0.717) is 5.92 Å². The van der Waals surface area contributed by atoms with Crippen LogP contribution in [0.15, 0.2) is 0 Å². The maximum atomic E-state index is 12.4. The van der Waals surface area contributed by atoms with Crippen LogP contribution < -0.4 is 22.1 Å². The van der Waals surface area contributed by atoms with E-state index in [1.54, 1.807) is 6.92 Å². The first-order valence-electron chi connectivity index (χ1n) is 9.56. The lowest BCUT2D eigenvalue weighted by atomic mass is 9.83. The lowest BCUT2D eigenvalue weighted by Crippen LogP contribution is -2.57. The van der Waals surface area contributed by atoms with Gasteiger partial charge >= 0.3 is 0 Å². The van der Waals surface area contributed by atoms with Crippen molar-refractivity contribution in [2.24, 2.45) is 17.4 Å². The molecule has 1 rings (SSSR count). The van der Waals surface area contributed by atoms with E-state index in [9.17, 15) is 19.5 Å². The first kappa shape index (κ1) is 22.5. The number of nitrogens with one attached hydrogen (secondary N) is 2. The molecule has 1 aliphatic carbocycles. The van der Waals surface area contributed by atoms with E-state index in [1.807, 2.05) is 0 Å². The summed E-state index contributed by atoms with van der Waals surface area (Å²) in [5.74, 6) is -0.889. The highest BCUT2D eigenvalue weighted by Gasteiger charge is 2.30. The molecule has 0 spiro atoms. The largest absolute Gasteiger partial charge is 0.391 e.